The first-order chi connectivity index (χ1) is 23.9. The first-order valence-corrected chi connectivity index (χ1v) is 15.9. The van der Waals surface area contributed by atoms with Crippen molar-refractivity contribution in [3.63, 3.8) is 0 Å². The molecular weight excluding hydrogens is 684 g/mol. The third-order valence-electron chi connectivity index (χ3n) is 8.70. The van der Waals surface area contributed by atoms with Gasteiger partial charge in [0.05, 0.1) is 31.0 Å². The highest BCUT2D eigenvalue weighted by Gasteiger charge is 2.51. The molecule has 12 atom stereocenters. The number of carbonyl (C=O) groups excluding carboxylic acids is 2. The van der Waals surface area contributed by atoms with Crippen molar-refractivity contribution in [2.75, 3.05) is 6.61 Å². The molecule has 0 saturated carbocycles. The summed E-state index contributed by atoms with van der Waals surface area (Å²) >= 11 is 0. The number of Topliss-reactive ketones (excluding diaryl/α,β-unsaturated/α-hetero) is 1. The summed E-state index contributed by atoms with van der Waals surface area (Å²) in [7, 11) is 0. The highest BCUT2D eigenvalue weighted by Crippen LogP contribution is 2.43. The van der Waals surface area contributed by atoms with E-state index < -0.39 is 116 Å². The number of rotatable bonds is 11. The van der Waals surface area contributed by atoms with Crippen LogP contribution in [0.2, 0.25) is 0 Å². The highest BCUT2D eigenvalue weighted by molar-refractivity contribution is 6.02. The summed E-state index contributed by atoms with van der Waals surface area (Å²) in [5.74, 6) is -3.74. The number of carboxylic acid groups (broad SMARTS) is 1. The van der Waals surface area contributed by atoms with Crippen LogP contribution in [0.15, 0.2) is 36.4 Å². The van der Waals surface area contributed by atoms with Crippen molar-refractivity contribution in [3.8, 4) is 23.0 Å². The maximum Gasteiger partial charge on any atom is 0.308 e. The minimum Gasteiger partial charge on any atom is -0.508 e. The van der Waals surface area contributed by atoms with Crippen molar-refractivity contribution in [2.24, 2.45) is 0 Å². The number of ketones is 1. The molecule has 0 amide bonds. The first kappa shape index (κ1) is 38.1. The van der Waals surface area contributed by atoms with E-state index in [4.69, 9.17) is 33.5 Å². The number of benzene rings is 2. The van der Waals surface area contributed by atoms with E-state index in [0.717, 1.165) is 13.0 Å². The van der Waals surface area contributed by atoms with Gasteiger partial charge < -0.3 is 74.4 Å². The van der Waals surface area contributed by atoms with Crippen LogP contribution in [0.4, 0.5) is 0 Å². The fourth-order valence-corrected chi connectivity index (χ4v) is 5.98. The molecule has 2 unspecified atom stereocenters. The van der Waals surface area contributed by atoms with Crippen LogP contribution in [-0.4, -0.2) is 137 Å². The Bertz CT molecular complexity index is 1580. The van der Waals surface area contributed by atoms with Gasteiger partial charge in [-0.1, -0.05) is 12.1 Å². The Morgan fingerprint density at radius 3 is 2.25 bits per heavy atom. The predicted molar refractivity (Wildman–Crippen MR) is 166 cm³/mol. The fourth-order valence-electron chi connectivity index (χ4n) is 5.98. The van der Waals surface area contributed by atoms with Gasteiger partial charge in [0, 0.05) is 12.1 Å². The number of ether oxygens (including phenoxy) is 6. The van der Waals surface area contributed by atoms with Gasteiger partial charge in [0.2, 0.25) is 6.29 Å². The van der Waals surface area contributed by atoms with Crippen LogP contribution in [0.3, 0.4) is 0 Å². The molecule has 2 saturated heterocycles. The van der Waals surface area contributed by atoms with Gasteiger partial charge in [-0.2, -0.15) is 0 Å². The molecule has 5 rings (SSSR count). The van der Waals surface area contributed by atoms with Gasteiger partial charge in [-0.15, -0.1) is 0 Å². The minimum atomic E-state index is -1.96. The number of fused-ring (bicyclic) bond motifs is 1. The molecule has 2 aromatic carbocycles. The molecule has 0 spiro atoms. The highest BCUT2D eigenvalue weighted by atomic mass is 16.8. The van der Waals surface area contributed by atoms with Gasteiger partial charge in [-0.25, -0.2) is 0 Å². The zero-order valence-electron chi connectivity index (χ0n) is 27.3. The number of phenols is 2. The van der Waals surface area contributed by atoms with E-state index in [1.165, 1.54) is 25.1 Å². The maximum atomic E-state index is 13.0. The van der Waals surface area contributed by atoms with Gasteiger partial charge in [0.25, 0.3) is 0 Å². The summed E-state index contributed by atoms with van der Waals surface area (Å²) in [4.78, 5) is 36.5. The predicted octanol–water partition coefficient (Wildman–Crippen LogP) is -0.998. The minimum absolute atomic E-state index is 0.00408. The van der Waals surface area contributed by atoms with Gasteiger partial charge in [-0.3, -0.25) is 14.4 Å². The molecule has 0 aliphatic carbocycles. The van der Waals surface area contributed by atoms with Gasteiger partial charge >= 0.3 is 11.9 Å². The van der Waals surface area contributed by atoms with Crippen molar-refractivity contribution >= 4 is 17.7 Å². The van der Waals surface area contributed by atoms with Gasteiger partial charge in [0.1, 0.15) is 77.9 Å². The van der Waals surface area contributed by atoms with Crippen LogP contribution in [0, 0.1) is 0 Å². The number of hydrogen-bond acceptors (Lipinski definition) is 17. The second-order valence-corrected chi connectivity index (χ2v) is 13.0. The zero-order chi connectivity index (χ0) is 37.4. The summed E-state index contributed by atoms with van der Waals surface area (Å²) < 4.78 is 34.1. The first-order valence-electron chi connectivity index (χ1n) is 15.9. The Kier molecular flexibility index (Phi) is 11.4. The third-order valence-corrected chi connectivity index (χ3v) is 8.70. The number of esters is 1. The largest absolute Gasteiger partial charge is 0.508 e. The molecule has 0 radical (unpaired) electrons. The number of aromatic hydroxyl groups is 2. The number of aliphatic carboxylic acids is 1. The Balaban J connectivity index is 1.39. The molecule has 18 nitrogen and oxygen atoms in total. The Labute approximate surface area is 289 Å². The van der Waals surface area contributed by atoms with Crippen LogP contribution >= 0.6 is 0 Å². The lowest BCUT2D eigenvalue weighted by molar-refractivity contribution is -0.354. The normalized spacial score (nSPS) is 33.3. The van der Waals surface area contributed by atoms with E-state index in [0.29, 0.717) is 5.56 Å². The average molecular weight is 725 g/mol. The van der Waals surface area contributed by atoms with E-state index in [9.17, 15) is 55.2 Å². The number of phenolic OH excluding ortho intramolecular Hbond substituents is 2. The standard InChI is InChI=1S/C33H40O18/c1-13-25(40)27(42)29(44)31(47-13)51-30-28(43)26(41)21(12-46-23(39)11-33(2,45)10-22(37)38)50-32(30)48-16-7-17(35)24-18(36)9-19(49-20(24)8-16)14-3-5-15(34)6-4-14/h3-8,13,19,21,25-32,34-35,40-45H,9-12H2,1-2H3,(H,37,38)/t13-,19?,21+,25-,26+,27+,28-,29+,30+,31-,32+,33?/m0/s1. The molecule has 280 valence electrons. The van der Waals surface area contributed by atoms with Crippen LogP contribution < -0.4 is 9.47 Å². The van der Waals surface area contributed by atoms with E-state index in [-0.39, 0.29) is 29.2 Å². The lowest BCUT2D eigenvalue weighted by atomic mass is 9.95. The number of hydrogen-bond donors (Lipinski definition) is 9. The van der Waals surface area contributed by atoms with Crippen LogP contribution in [-0.2, 0) is 28.5 Å². The molecule has 18 heteroatoms. The van der Waals surface area contributed by atoms with Crippen molar-refractivity contribution < 1.29 is 88.8 Å². The quantitative estimate of drug-likeness (QED) is 0.126. The van der Waals surface area contributed by atoms with Crippen molar-refractivity contribution in [2.45, 2.75) is 106 Å². The van der Waals surface area contributed by atoms with Crippen LogP contribution in [0.5, 0.6) is 23.0 Å². The summed E-state index contributed by atoms with van der Waals surface area (Å²) in [6.45, 7) is 1.76. The molecule has 9 N–H and O–H groups in total. The zero-order valence-corrected chi connectivity index (χ0v) is 27.3. The maximum absolute atomic E-state index is 13.0. The average Bonchev–Trinajstić information content (AvgIpc) is 3.04. The molecule has 2 aromatic rings. The van der Waals surface area contributed by atoms with Crippen molar-refractivity contribution in [1.29, 1.82) is 0 Å². The van der Waals surface area contributed by atoms with Gasteiger partial charge in [-0.05, 0) is 31.5 Å². The fraction of sp³-hybridized carbons (Fsp3) is 0.545. The van der Waals surface area contributed by atoms with E-state index in [1.54, 1.807) is 12.1 Å². The summed E-state index contributed by atoms with van der Waals surface area (Å²) in [6, 6.07) is 8.23. The summed E-state index contributed by atoms with van der Waals surface area (Å²) in [5, 5.41) is 92.7. The molecule has 3 heterocycles. The number of aliphatic hydroxyl groups is 6. The van der Waals surface area contributed by atoms with E-state index in [1.807, 2.05) is 0 Å². The monoisotopic (exact) mass is 724 g/mol. The number of aliphatic hydroxyl groups excluding tert-OH is 5. The van der Waals surface area contributed by atoms with E-state index in [2.05, 4.69) is 0 Å². The Morgan fingerprint density at radius 1 is 0.902 bits per heavy atom. The third kappa shape index (κ3) is 8.68. The molecule has 2 fully saturated rings. The SMILES string of the molecule is C[C@@H]1O[C@@H](O[C@H]2[C@H](Oc3cc(O)c4c(c3)OC(c3ccc(O)cc3)CC4=O)O[C@H](COC(=O)CC(C)(O)CC(=O)O)[C@@H](O)[C@@H]2O)[C@H](O)[C@H](O)[C@H]1O. The smallest absolute Gasteiger partial charge is 0.308 e. The number of carbonyl (C=O) groups is 3. The molecule has 51 heavy (non-hydrogen) atoms. The lowest BCUT2D eigenvalue weighted by Gasteiger charge is -2.45. The summed E-state index contributed by atoms with van der Waals surface area (Å²) in [6.07, 6.45) is -19.1. The van der Waals surface area contributed by atoms with Crippen LogP contribution in [0.25, 0.3) is 0 Å². The van der Waals surface area contributed by atoms with Crippen molar-refractivity contribution in [1.82, 2.24) is 0 Å². The van der Waals surface area contributed by atoms with Crippen molar-refractivity contribution in [3.05, 3.63) is 47.5 Å². The second kappa shape index (κ2) is 15.2. The second-order valence-electron chi connectivity index (χ2n) is 13.0. The molecule has 0 bridgehead atoms. The number of carboxylic acids is 1. The Hall–Kier alpha value is -4.11. The lowest BCUT2D eigenvalue weighted by Crippen LogP contribution is -2.64. The topological polar surface area (TPSA) is 289 Å². The molecule has 3 aliphatic rings. The summed E-state index contributed by atoms with van der Waals surface area (Å²) in [5.41, 5.74) is -1.56. The van der Waals surface area contributed by atoms with E-state index >= 15 is 0 Å². The van der Waals surface area contributed by atoms with Crippen LogP contribution in [0.1, 0.15) is 55.1 Å². The van der Waals surface area contributed by atoms with Gasteiger partial charge in [0.15, 0.2) is 18.2 Å². The molecule has 3 aliphatic heterocycles. The molecular formula is C33H40O18. The Morgan fingerprint density at radius 2 is 1.59 bits per heavy atom. The molecule has 0 aromatic heterocycles.